The number of aromatic nitrogens is 4. The van der Waals surface area contributed by atoms with Crippen LogP contribution in [-0.2, 0) is 0 Å². The fourth-order valence-corrected chi connectivity index (χ4v) is 5.70. The molecule has 0 aliphatic carbocycles. The molecule has 0 bridgehead atoms. The smallest absolute Gasteiger partial charge is 0.182 e. The molecular formula is C33H20N4O. The van der Waals surface area contributed by atoms with Gasteiger partial charge in [-0.25, -0.2) is 15.0 Å². The van der Waals surface area contributed by atoms with Crippen LogP contribution in [0.2, 0.25) is 0 Å². The first-order valence-electron chi connectivity index (χ1n) is 12.5. The highest BCUT2D eigenvalue weighted by Gasteiger charge is 2.22. The molecule has 0 saturated carbocycles. The van der Waals surface area contributed by atoms with E-state index < -0.39 is 0 Å². The number of allylic oxidation sites excluding steroid dienone is 2. The summed E-state index contributed by atoms with van der Waals surface area (Å²) in [7, 11) is 0. The molecule has 0 atom stereocenters. The van der Waals surface area contributed by atoms with Crippen LogP contribution in [0.1, 0.15) is 5.69 Å². The molecule has 5 nitrogen and oxygen atoms in total. The van der Waals surface area contributed by atoms with Gasteiger partial charge in [0.15, 0.2) is 12.0 Å². The van der Waals surface area contributed by atoms with Gasteiger partial charge in [0.1, 0.15) is 11.8 Å². The van der Waals surface area contributed by atoms with Crippen LogP contribution < -0.4 is 0 Å². The fraction of sp³-hybridized carbons (Fsp3) is 0. The molecule has 4 heterocycles. The monoisotopic (exact) mass is 488 g/mol. The molecule has 4 aromatic heterocycles. The number of rotatable bonds is 4. The summed E-state index contributed by atoms with van der Waals surface area (Å²) in [6, 6.07) is 27.8. The predicted molar refractivity (Wildman–Crippen MR) is 154 cm³/mol. The Morgan fingerprint density at radius 2 is 1.61 bits per heavy atom. The normalized spacial score (nSPS) is 12.2. The van der Waals surface area contributed by atoms with Gasteiger partial charge in [0.05, 0.1) is 33.3 Å². The van der Waals surface area contributed by atoms with Crippen LogP contribution in [0.3, 0.4) is 0 Å². The maximum atomic E-state index is 5.95. The fourth-order valence-electron chi connectivity index (χ4n) is 5.70. The maximum Gasteiger partial charge on any atom is 0.182 e. The highest BCUT2D eigenvalue weighted by atomic mass is 16.3. The molecule has 5 heteroatoms. The van der Waals surface area contributed by atoms with Crippen molar-refractivity contribution >= 4 is 55.3 Å². The van der Waals surface area contributed by atoms with Gasteiger partial charge in [-0.05, 0) is 53.6 Å². The minimum Gasteiger partial charge on any atom is -0.443 e. The van der Waals surface area contributed by atoms with E-state index in [0.717, 1.165) is 55.5 Å². The molecule has 0 saturated heterocycles. The van der Waals surface area contributed by atoms with E-state index in [1.165, 1.54) is 28.2 Å². The van der Waals surface area contributed by atoms with E-state index >= 15 is 0 Å². The van der Waals surface area contributed by atoms with Gasteiger partial charge in [0.2, 0.25) is 0 Å². The number of hydrogen-bond donors (Lipinski definition) is 0. The largest absolute Gasteiger partial charge is 0.443 e. The zero-order chi connectivity index (χ0) is 25.2. The quantitative estimate of drug-likeness (QED) is 0.234. The molecule has 0 fully saturated rings. The summed E-state index contributed by atoms with van der Waals surface area (Å²) in [4.78, 5) is 13.4. The van der Waals surface area contributed by atoms with Crippen LogP contribution in [-0.4, -0.2) is 19.4 Å². The second-order valence-electron chi connectivity index (χ2n) is 9.44. The van der Waals surface area contributed by atoms with Crippen LogP contribution in [0.25, 0.3) is 77.7 Å². The second kappa shape index (κ2) is 7.85. The van der Waals surface area contributed by atoms with E-state index in [1.807, 2.05) is 18.2 Å². The van der Waals surface area contributed by atoms with Crippen molar-refractivity contribution in [2.24, 2.45) is 0 Å². The Labute approximate surface area is 217 Å². The molecule has 4 aromatic carbocycles. The van der Waals surface area contributed by atoms with Gasteiger partial charge in [-0.3, -0.25) is 0 Å². The summed E-state index contributed by atoms with van der Waals surface area (Å²) in [5, 5.41) is 4.68. The van der Waals surface area contributed by atoms with E-state index in [0.29, 0.717) is 0 Å². The lowest BCUT2D eigenvalue weighted by Crippen LogP contribution is -1.89. The molecule has 0 unspecified atom stereocenters. The Morgan fingerprint density at radius 1 is 0.737 bits per heavy atom. The van der Waals surface area contributed by atoms with Gasteiger partial charge in [-0.15, -0.1) is 0 Å². The Morgan fingerprint density at radius 3 is 2.55 bits per heavy atom. The van der Waals surface area contributed by atoms with Crippen molar-refractivity contribution in [3.05, 3.63) is 116 Å². The van der Waals surface area contributed by atoms with Gasteiger partial charge in [0.25, 0.3) is 0 Å². The molecule has 0 N–H and O–H groups in total. The van der Waals surface area contributed by atoms with Crippen LogP contribution in [0.4, 0.5) is 0 Å². The molecule has 0 aliphatic heterocycles. The molecular weight excluding hydrogens is 468 g/mol. The standard InChI is InChI=1S/C33H20N4O/c1-2-3-9-23-16-27(35-18-34-23)22-8-6-7-20(14-22)21-12-13-30-26(15-21)31-32-25(17-28-33(31)38-19-36-28)24-10-4-5-11-29(24)37(30)32/h2-19H,1H2/b9-3-. The van der Waals surface area contributed by atoms with E-state index in [1.54, 1.807) is 12.4 Å². The van der Waals surface area contributed by atoms with Crippen molar-refractivity contribution in [3.63, 3.8) is 0 Å². The zero-order valence-corrected chi connectivity index (χ0v) is 20.3. The van der Waals surface area contributed by atoms with E-state index in [-0.39, 0.29) is 0 Å². The summed E-state index contributed by atoms with van der Waals surface area (Å²) in [6.07, 6.45) is 8.67. The lowest BCUT2D eigenvalue weighted by molar-refractivity contribution is 0.605. The van der Waals surface area contributed by atoms with E-state index in [4.69, 9.17) is 4.42 Å². The van der Waals surface area contributed by atoms with Crippen molar-refractivity contribution in [2.45, 2.75) is 0 Å². The zero-order valence-electron chi connectivity index (χ0n) is 20.3. The van der Waals surface area contributed by atoms with E-state index in [9.17, 15) is 0 Å². The average Bonchev–Trinajstić information content (AvgIpc) is 3.66. The predicted octanol–water partition coefficient (Wildman–Crippen LogP) is 8.30. The first kappa shape index (κ1) is 20.9. The lowest BCUT2D eigenvalue weighted by atomic mass is 9.99. The van der Waals surface area contributed by atoms with Crippen molar-refractivity contribution < 1.29 is 4.42 Å². The number of hydrogen-bond acceptors (Lipinski definition) is 4. The summed E-state index contributed by atoms with van der Waals surface area (Å²) in [5.41, 5.74) is 10.2. The number of oxazole rings is 1. The molecule has 178 valence electrons. The van der Waals surface area contributed by atoms with Crippen LogP contribution in [0, 0.1) is 0 Å². The van der Waals surface area contributed by atoms with Crippen molar-refractivity contribution in [2.75, 3.05) is 0 Å². The molecule has 8 rings (SSSR count). The first-order valence-corrected chi connectivity index (χ1v) is 12.5. The summed E-state index contributed by atoms with van der Waals surface area (Å²) >= 11 is 0. The minimum atomic E-state index is 0.826. The summed E-state index contributed by atoms with van der Waals surface area (Å²) in [5.74, 6) is 0. The Bertz CT molecular complexity index is 2220. The highest BCUT2D eigenvalue weighted by molar-refractivity contribution is 6.30. The Balaban J connectivity index is 1.36. The van der Waals surface area contributed by atoms with Crippen molar-refractivity contribution in [1.82, 2.24) is 19.4 Å². The minimum absolute atomic E-state index is 0.826. The highest BCUT2D eigenvalue weighted by Crippen LogP contribution is 2.43. The van der Waals surface area contributed by atoms with Gasteiger partial charge < -0.3 is 8.82 Å². The van der Waals surface area contributed by atoms with Gasteiger partial charge in [0, 0.05) is 21.7 Å². The third-order valence-electron chi connectivity index (χ3n) is 7.34. The maximum absolute atomic E-state index is 5.95. The lowest BCUT2D eigenvalue weighted by Gasteiger charge is -2.07. The second-order valence-corrected chi connectivity index (χ2v) is 9.44. The van der Waals surface area contributed by atoms with Crippen molar-refractivity contribution in [1.29, 1.82) is 0 Å². The van der Waals surface area contributed by atoms with E-state index in [2.05, 4.69) is 98.7 Å². The molecule has 38 heavy (non-hydrogen) atoms. The van der Waals surface area contributed by atoms with Crippen LogP contribution >= 0.6 is 0 Å². The number of para-hydroxylation sites is 1. The van der Waals surface area contributed by atoms with Crippen molar-refractivity contribution in [3.8, 4) is 22.4 Å². The molecule has 0 aliphatic rings. The van der Waals surface area contributed by atoms with Crippen LogP contribution in [0.15, 0.2) is 115 Å². The average molecular weight is 489 g/mol. The Hall–Kier alpha value is -5.29. The third kappa shape index (κ3) is 2.90. The third-order valence-corrected chi connectivity index (χ3v) is 7.34. The Kier molecular flexibility index (Phi) is 4.31. The summed E-state index contributed by atoms with van der Waals surface area (Å²) in [6.45, 7) is 3.74. The molecule has 0 radical (unpaired) electrons. The molecule has 0 amide bonds. The first-order chi connectivity index (χ1) is 18.8. The SMILES string of the molecule is C=C/C=C\c1cc(-c2cccc(-c3ccc4c(c3)c3c5ocnc5cc5c6ccccc6n4c53)c2)ncn1. The van der Waals surface area contributed by atoms with Gasteiger partial charge in [-0.1, -0.05) is 61.2 Å². The topological polar surface area (TPSA) is 56.2 Å². The molecule has 0 spiro atoms. The number of nitrogens with zero attached hydrogens (tertiary/aromatic N) is 4. The summed E-state index contributed by atoms with van der Waals surface area (Å²) < 4.78 is 8.30. The number of benzene rings is 4. The van der Waals surface area contributed by atoms with Gasteiger partial charge in [-0.2, -0.15) is 0 Å². The van der Waals surface area contributed by atoms with Gasteiger partial charge >= 0.3 is 0 Å². The van der Waals surface area contributed by atoms with Crippen LogP contribution in [0.5, 0.6) is 0 Å². The number of fused-ring (bicyclic) bond motifs is 8. The molecule has 8 aromatic rings.